The molecule has 1 aliphatic rings. The fourth-order valence-corrected chi connectivity index (χ4v) is 2.05. The molecule has 1 aliphatic carbocycles. The number of methoxy groups -OCH3 is 1. The number of fused-ring (bicyclic) bond motifs is 3. The van der Waals surface area contributed by atoms with Gasteiger partial charge in [-0.15, -0.1) is 0 Å². The van der Waals surface area contributed by atoms with Gasteiger partial charge in [-0.05, 0) is 17.7 Å². The quantitative estimate of drug-likeness (QED) is 0.667. The number of hydrogen-bond donors (Lipinski definition) is 1. The maximum atomic E-state index is 5.61. The summed E-state index contributed by atoms with van der Waals surface area (Å²) in [5.74, 6) is 1.15. The van der Waals surface area contributed by atoms with Crippen LogP contribution in [0.5, 0.6) is 5.75 Å². The number of nitrogen functional groups attached to an aromatic ring is 1. The Morgan fingerprint density at radius 2 is 2.19 bits per heavy atom. The van der Waals surface area contributed by atoms with E-state index in [1.807, 2.05) is 12.1 Å². The summed E-state index contributed by atoms with van der Waals surface area (Å²) in [4.78, 5) is 8.29. The molecule has 1 aromatic carbocycles. The van der Waals surface area contributed by atoms with Gasteiger partial charge in [0.05, 0.1) is 12.8 Å². The molecule has 4 heteroatoms. The second-order valence-corrected chi connectivity index (χ2v) is 3.80. The predicted molar refractivity (Wildman–Crippen MR) is 61.2 cm³/mol. The van der Waals surface area contributed by atoms with Gasteiger partial charge >= 0.3 is 0 Å². The molecule has 0 atom stereocenters. The van der Waals surface area contributed by atoms with Gasteiger partial charge in [0.2, 0.25) is 5.95 Å². The minimum absolute atomic E-state index is 0.314. The van der Waals surface area contributed by atoms with E-state index in [0.29, 0.717) is 5.95 Å². The van der Waals surface area contributed by atoms with Gasteiger partial charge in [-0.2, -0.15) is 0 Å². The molecule has 80 valence electrons. The van der Waals surface area contributed by atoms with Crippen LogP contribution in [-0.2, 0) is 6.42 Å². The first-order chi connectivity index (χ1) is 7.78. The third-order valence-electron chi connectivity index (χ3n) is 2.84. The first-order valence-electron chi connectivity index (χ1n) is 5.06. The fraction of sp³-hybridized carbons (Fsp3) is 0.167. The largest absolute Gasteiger partial charge is 0.497 e. The summed E-state index contributed by atoms with van der Waals surface area (Å²) in [6, 6.07) is 6.02. The second-order valence-electron chi connectivity index (χ2n) is 3.80. The highest BCUT2D eigenvalue weighted by molar-refractivity contribution is 5.74. The first kappa shape index (κ1) is 9.15. The Hall–Kier alpha value is -2.10. The summed E-state index contributed by atoms with van der Waals surface area (Å²) in [7, 11) is 1.66. The van der Waals surface area contributed by atoms with Crippen LogP contribution in [0.1, 0.15) is 11.1 Å². The summed E-state index contributed by atoms with van der Waals surface area (Å²) in [6.07, 6.45) is 2.67. The van der Waals surface area contributed by atoms with E-state index < -0.39 is 0 Å². The van der Waals surface area contributed by atoms with Gasteiger partial charge in [-0.3, -0.25) is 0 Å². The number of benzene rings is 1. The van der Waals surface area contributed by atoms with Crippen molar-refractivity contribution >= 4 is 5.95 Å². The van der Waals surface area contributed by atoms with E-state index in [4.69, 9.17) is 10.5 Å². The zero-order chi connectivity index (χ0) is 11.1. The van der Waals surface area contributed by atoms with Crippen molar-refractivity contribution < 1.29 is 4.74 Å². The Morgan fingerprint density at radius 1 is 1.31 bits per heavy atom. The van der Waals surface area contributed by atoms with Crippen molar-refractivity contribution in [2.24, 2.45) is 0 Å². The number of ether oxygens (including phenoxy) is 1. The van der Waals surface area contributed by atoms with Crippen LogP contribution in [0.3, 0.4) is 0 Å². The minimum Gasteiger partial charge on any atom is -0.497 e. The van der Waals surface area contributed by atoms with E-state index in [1.165, 1.54) is 5.56 Å². The van der Waals surface area contributed by atoms with Crippen molar-refractivity contribution in [3.8, 4) is 17.0 Å². The second kappa shape index (κ2) is 3.20. The molecule has 0 spiro atoms. The normalized spacial score (nSPS) is 12.1. The van der Waals surface area contributed by atoms with Crippen molar-refractivity contribution in [1.82, 2.24) is 9.97 Å². The summed E-state index contributed by atoms with van der Waals surface area (Å²) in [5.41, 5.74) is 10.0. The lowest BCUT2D eigenvalue weighted by Gasteiger charge is -2.03. The summed E-state index contributed by atoms with van der Waals surface area (Å²) in [6.45, 7) is 0. The van der Waals surface area contributed by atoms with E-state index in [2.05, 4.69) is 16.0 Å². The van der Waals surface area contributed by atoms with E-state index in [1.54, 1.807) is 13.3 Å². The molecule has 0 bridgehead atoms. The molecule has 16 heavy (non-hydrogen) atoms. The van der Waals surface area contributed by atoms with Crippen molar-refractivity contribution in [2.45, 2.75) is 6.42 Å². The van der Waals surface area contributed by atoms with Crippen molar-refractivity contribution in [2.75, 3.05) is 12.8 Å². The maximum Gasteiger partial charge on any atom is 0.220 e. The summed E-state index contributed by atoms with van der Waals surface area (Å²) < 4.78 is 5.21. The number of hydrogen-bond acceptors (Lipinski definition) is 4. The van der Waals surface area contributed by atoms with Crippen LogP contribution >= 0.6 is 0 Å². The highest BCUT2D eigenvalue weighted by Gasteiger charge is 2.20. The molecule has 1 aromatic heterocycles. The average Bonchev–Trinajstić information content (AvgIpc) is 2.66. The topological polar surface area (TPSA) is 61.0 Å². The Balaban J connectivity index is 2.22. The van der Waals surface area contributed by atoms with Gasteiger partial charge in [0.25, 0.3) is 0 Å². The zero-order valence-electron chi connectivity index (χ0n) is 8.90. The van der Waals surface area contributed by atoms with Crippen molar-refractivity contribution in [1.29, 1.82) is 0 Å². The van der Waals surface area contributed by atoms with Gasteiger partial charge in [-0.25, -0.2) is 9.97 Å². The van der Waals surface area contributed by atoms with Gasteiger partial charge in [0.1, 0.15) is 5.75 Å². The highest BCUT2D eigenvalue weighted by atomic mass is 16.5. The van der Waals surface area contributed by atoms with Crippen LogP contribution in [0.2, 0.25) is 0 Å². The maximum absolute atomic E-state index is 5.61. The van der Waals surface area contributed by atoms with Crippen LogP contribution in [0.15, 0.2) is 24.4 Å². The number of nitrogens with two attached hydrogens (primary N) is 1. The zero-order valence-corrected chi connectivity index (χ0v) is 8.90. The molecule has 0 saturated carbocycles. The highest BCUT2D eigenvalue weighted by Crippen LogP contribution is 2.36. The van der Waals surface area contributed by atoms with Crippen molar-refractivity contribution in [3.63, 3.8) is 0 Å². The molecule has 0 unspecified atom stereocenters. The number of aromatic nitrogens is 2. The molecule has 1 heterocycles. The molecule has 0 aliphatic heterocycles. The monoisotopic (exact) mass is 213 g/mol. The van der Waals surface area contributed by atoms with Gasteiger partial charge in [0.15, 0.2) is 0 Å². The Morgan fingerprint density at radius 3 is 3.00 bits per heavy atom. The van der Waals surface area contributed by atoms with Crippen molar-refractivity contribution in [3.05, 3.63) is 35.5 Å². The fourth-order valence-electron chi connectivity index (χ4n) is 2.05. The molecule has 2 aromatic rings. The van der Waals surface area contributed by atoms with E-state index in [-0.39, 0.29) is 0 Å². The molecular weight excluding hydrogens is 202 g/mol. The van der Waals surface area contributed by atoms with Gasteiger partial charge in [-0.1, -0.05) is 6.07 Å². The summed E-state index contributed by atoms with van der Waals surface area (Å²) in [5, 5.41) is 0. The molecule has 4 nitrogen and oxygen atoms in total. The SMILES string of the molecule is COc1ccc2c(c1)-c1nc(N)ncc1C2. The van der Waals surface area contributed by atoms with Crippen LogP contribution < -0.4 is 10.5 Å². The predicted octanol–water partition coefficient (Wildman–Crippen LogP) is 1.64. The smallest absolute Gasteiger partial charge is 0.220 e. The molecule has 0 amide bonds. The van der Waals surface area contributed by atoms with E-state index in [0.717, 1.165) is 29.0 Å². The van der Waals surface area contributed by atoms with Crippen LogP contribution in [-0.4, -0.2) is 17.1 Å². The number of rotatable bonds is 1. The standard InChI is InChI=1S/C12H11N3O/c1-16-9-3-2-7-4-8-6-14-12(13)15-11(8)10(7)5-9/h2-3,5-6H,4H2,1H3,(H2,13,14,15). The molecule has 0 fully saturated rings. The third-order valence-corrected chi connectivity index (χ3v) is 2.84. The van der Waals surface area contributed by atoms with Gasteiger partial charge < -0.3 is 10.5 Å². The van der Waals surface area contributed by atoms with Gasteiger partial charge in [0, 0.05) is 23.7 Å². The number of nitrogens with zero attached hydrogens (tertiary/aromatic N) is 2. The molecule has 2 N–H and O–H groups in total. The average molecular weight is 213 g/mol. The third kappa shape index (κ3) is 1.23. The summed E-state index contributed by atoms with van der Waals surface area (Å²) >= 11 is 0. The minimum atomic E-state index is 0.314. The Labute approximate surface area is 93.1 Å². The first-order valence-corrected chi connectivity index (χ1v) is 5.06. The molecular formula is C12H11N3O. The number of anilines is 1. The molecule has 0 radical (unpaired) electrons. The Kier molecular flexibility index (Phi) is 1.83. The molecule has 3 rings (SSSR count). The Bertz CT molecular complexity index is 566. The van der Waals surface area contributed by atoms with Crippen LogP contribution in [0, 0.1) is 0 Å². The molecule has 0 saturated heterocycles. The lowest BCUT2D eigenvalue weighted by atomic mass is 10.1. The lowest BCUT2D eigenvalue weighted by molar-refractivity contribution is 0.415. The lowest BCUT2D eigenvalue weighted by Crippen LogP contribution is -1.96. The van der Waals surface area contributed by atoms with E-state index in [9.17, 15) is 0 Å². The van der Waals surface area contributed by atoms with Crippen LogP contribution in [0.4, 0.5) is 5.95 Å². The van der Waals surface area contributed by atoms with Crippen LogP contribution in [0.25, 0.3) is 11.3 Å². The van der Waals surface area contributed by atoms with E-state index >= 15 is 0 Å².